The summed E-state index contributed by atoms with van der Waals surface area (Å²) in [5.41, 5.74) is 6.04. The minimum atomic E-state index is -3.38. The van der Waals surface area contributed by atoms with Crippen LogP contribution in [0, 0.1) is 13.8 Å². The van der Waals surface area contributed by atoms with Crippen LogP contribution >= 0.6 is 0 Å². The van der Waals surface area contributed by atoms with Gasteiger partial charge in [-0.1, -0.05) is 36.4 Å². The van der Waals surface area contributed by atoms with Crippen molar-refractivity contribution >= 4 is 33.2 Å². The molecule has 9 nitrogen and oxygen atoms in total. The number of sulfonamides is 1. The second-order valence-electron chi connectivity index (χ2n) is 11.3. The van der Waals surface area contributed by atoms with Crippen LogP contribution in [0.1, 0.15) is 35.6 Å². The van der Waals surface area contributed by atoms with Gasteiger partial charge in [0.2, 0.25) is 15.9 Å². The molecule has 2 heterocycles. The van der Waals surface area contributed by atoms with E-state index in [1.807, 2.05) is 69.4 Å². The van der Waals surface area contributed by atoms with Crippen LogP contribution in [0.3, 0.4) is 0 Å². The van der Waals surface area contributed by atoms with Gasteiger partial charge in [-0.05, 0) is 91.9 Å². The molecule has 1 N–H and O–H groups in total. The number of fused-ring (bicyclic) bond motifs is 1. The highest BCUT2D eigenvalue weighted by Gasteiger charge is 2.32. The fraction of sp³-hybridized carbons (Fsp3) is 0.375. The van der Waals surface area contributed by atoms with E-state index in [0.717, 1.165) is 60.0 Å². The fourth-order valence-corrected chi connectivity index (χ4v) is 6.14. The molecule has 2 aliphatic heterocycles. The lowest BCUT2D eigenvalue weighted by Gasteiger charge is -2.35. The third kappa shape index (κ3) is 6.77. The zero-order chi connectivity index (χ0) is 30.0. The summed E-state index contributed by atoms with van der Waals surface area (Å²) in [7, 11) is -1.57. The molecule has 0 aliphatic carbocycles. The summed E-state index contributed by atoms with van der Waals surface area (Å²) in [5.74, 6) is 0.232. The van der Waals surface area contributed by atoms with Crippen molar-refractivity contribution < 1.29 is 22.7 Å². The minimum absolute atomic E-state index is 0.0666. The number of carbonyl (C=O) groups excluding carboxylic acids is 2. The van der Waals surface area contributed by atoms with Gasteiger partial charge in [0.05, 0.1) is 18.0 Å². The average molecular weight is 591 g/mol. The lowest BCUT2D eigenvalue weighted by atomic mass is 9.99. The van der Waals surface area contributed by atoms with E-state index in [9.17, 15) is 18.0 Å². The number of carbonyl (C=O) groups is 2. The zero-order valence-electron chi connectivity index (χ0n) is 24.6. The largest absolute Gasteiger partial charge is 0.482 e. The maximum absolute atomic E-state index is 13.8. The Morgan fingerprint density at radius 1 is 1.00 bits per heavy atom. The zero-order valence-corrected chi connectivity index (χ0v) is 25.4. The van der Waals surface area contributed by atoms with Gasteiger partial charge in [-0.25, -0.2) is 8.42 Å². The summed E-state index contributed by atoms with van der Waals surface area (Å²) in [6, 6.07) is 18.9. The van der Waals surface area contributed by atoms with E-state index in [4.69, 9.17) is 4.74 Å². The van der Waals surface area contributed by atoms with Gasteiger partial charge in [0, 0.05) is 19.3 Å². The highest BCUT2D eigenvalue weighted by molar-refractivity contribution is 7.92. The number of nitrogens with zero attached hydrogens (tertiary/aromatic N) is 3. The van der Waals surface area contributed by atoms with Crippen LogP contribution in [-0.4, -0.2) is 76.1 Å². The molecular formula is C32H38N4O5S. The molecule has 0 aromatic heterocycles. The molecule has 1 fully saturated rings. The van der Waals surface area contributed by atoms with Crippen molar-refractivity contribution in [2.75, 3.05) is 55.7 Å². The van der Waals surface area contributed by atoms with Gasteiger partial charge in [0.25, 0.3) is 5.91 Å². The van der Waals surface area contributed by atoms with Crippen LogP contribution in [0.2, 0.25) is 0 Å². The number of benzene rings is 3. The molecule has 0 bridgehead atoms. The van der Waals surface area contributed by atoms with E-state index < -0.39 is 10.0 Å². The van der Waals surface area contributed by atoms with Gasteiger partial charge in [-0.3, -0.25) is 19.2 Å². The molecule has 10 heteroatoms. The molecule has 42 heavy (non-hydrogen) atoms. The molecular weight excluding hydrogens is 552 g/mol. The van der Waals surface area contributed by atoms with Gasteiger partial charge in [0.15, 0.2) is 6.61 Å². The number of anilines is 2. The smallest absolute Gasteiger partial charge is 0.265 e. The molecule has 3 aromatic carbocycles. The molecule has 3 aromatic rings. The first kappa shape index (κ1) is 29.6. The first-order chi connectivity index (χ1) is 20.0. The summed E-state index contributed by atoms with van der Waals surface area (Å²) >= 11 is 0. The standard InChI is InChI=1S/C32H38N4O5S/c1-22-16-28-30(17-23(22)2)41-21-32(38)36(28)20-31(37)34(3)29(19-35-14-5-6-15-35)25-12-10-24(11-13-25)26-8-7-9-27(18-26)33-42(4,39)40/h7-13,16-18,29,33H,5-6,14-15,19-21H2,1-4H3. The van der Waals surface area contributed by atoms with E-state index in [1.165, 1.54) is 4.90 Å². The first-order valence-electron chi connectivity index (χ1n) is 14.2. The molecule has 2 aliphatic rings. The summed E-state index contributed by atoms with van der Waals surface area (Å²) in [6.07, 6.45) is 3.40. The molecule has 222 valence electrons. The van der Waals surface area contributed by atoms with Gasteiger partial charge in [-0.2, -0.15) is 0 Å². The van der Waals surface area contributed by atoms with Crippen molar-refractivity contribution in [1.29, 1.82) is 0 Å². The Hall–Kier alpha value is -3.89. The number of nitrogens with one attached hydrogen (secondary N) is 1. The number of likely N-dealkylation sites (N-methyl/N-ethyl adjacent to an activating group) is 1. The number of amides is 2. The van der Waals surface area contributed by atoms with E-state index in [-0.39, 0.29) is 31.0 Å². The van der Waals surface area contributed by atoms with Crippen LogP contribution in [0.25, 0.3) is 11.1 Å². The molecule has 5 rings (SSSR count). The number of aryl methyl sites for hydroxylation is 2. The monoisotopic (exact) mass is 590 g/mol. The second kappa shape index (κ2) is 12.1. The number of rotatable bonds is 9. The second-order valence-corrected chi connectivity index (χ2v) is 13.0. The van der Waals surface area contributed by atoms with E-state index in [0.29, 0.717) is 23.7 Å². The summed E-state index contributed by atoms with van der Waals surface area (Å²) in [4.78, 5) is 32.3. The fourth-order valence-electron chi connectivity index (χ4n) is 5.58. The first-order valence-corrected chi connectivity index (χ1v) is 16.1. The summed E-state index contributed by atoms with van der Waals surface area (Å²) < 4.78 is 31.6. The van der Waals surface area contributed by atoms with Crippen molar-refractivity contribution in [3.63, 3.8) is 0 Å². The van der Waals surface area contributed by atoms with Crippen LogP contribution in [0.4, 0.5) is 11.4 Å². The predicted octanol–water partition coefficient (Wildman–Crippen LogP) is 4.36. The minimum Gasteiger partial charge on any atom is -0.482 e. The number of likely N-dealkylation sites (tertiary alicyclic amines) is 1. The van der Waals surface area contributed by atoms with Crippen LogP contribution in [0.5, 0.6) is 5.75 Å². The van der Waals surface area contributed by atoms with Gasteiger partial charge < -0.3 is 14.5 Å². The average Bonchev–Trinajstić information content (AvgIpc) is 3.47. The summed E-state index contributed by atoms with van der Waals surface area (Å²) in [5, 5.41) is 0. The van der Waals surface area contributed by atoms with Crippen molar-refractivity contribution in [3.8, 4) is 16.9 Å². The Morgan fingerprint density at radius 2 is 1.69 bits per heavy atom. The quantitative estimate of drug-likeness (QED) is 0.398. The van der Waals surface area contributed by atoms with Crippen molar-refractivity contribution in [3.05, 3.63) is 77.4 Å². The Balaban J connectivity index is 1.38. The molecule has 0 spiro atoms. The number of ether oxygens (including phenoxy) is 1. The van der Waals surface area contributed by atoms with Gasteiger partial charge >= 0.3 is 0 Å². The SMILES string of the molecule is Cc1cc2c(cc1C)N(CC(=O)N(C)C(CN1CCCC1)c1ccc(-c3cccc(NS(C)(=O)=O)c3)cc1)C(=O)CO2. The lowest BCUT2D eigenvalue weighted by Crippen LogP contribution is -2.47. The highest BCUT2D eigenvalue weighted by atomic mass is 32.2. The van der Waals surface area contributed by atoms with Crippen LogP contribution in [0.15, 0.2) is 60.7 Å². The normalized spacial score (nSPS) is 16.1. The van der Waals surface area contributed by atoms with Crippen molar-refractivity contribution in [2.24, 2.45) is 0 Å². The van der Waals surface area contributed by atoms with E-state index >= 15 is 0 Å². The van der Waals surface area contributed by atoms with E-state index in [2.05, 4.69) is 9.62 Å². The lowest BCUT2D eigenvalue weighted by molar-refractivity contribution is -0.133. The number of hydrogen-bond donors (Lipinski definition) is 1. The predicted molar refractivity (Wildman–Crippen MR) is 165 cm³/mol. The van der Waals surface area contributed by atoms with Crippen LogP contribution in [-0.2, 0) is 19.6 Å². The Kier molecular flexibility index (Phi) is 8.56. The Bertz CT molecular complexity index is 1580. The molecule has 1 atom stereocenters. The van der Waals surface area contributed by atoms with Gasteiger partial charge in [-0.15, -0.1) is 0 Å². The molecule has 0 radical (unpaired) electrons. The Labute approximate surface area is 248 Å². The maximum atomic E-state index is 13.8. The molecule has 0 saturated carbocycles. The Morgan fingerprint density at radius 3 is 2.38 bits per heavy atom. The van der Waals surface area contributed by atoms with Gasteiger partial charge in [0.1, 0.15) is 12.3 Å². The summed E-state index contributed by atoms with van der Waals surface area (Å²) in [6.45, 7) is 6.50. The van der Waals surface area contributed by atoms with Crippen LogP contribution < -0.4 is 14.4 Å². The number of hydrogen-bond acceptors (Lipinski definition) is 6. The third-order valence-corrected chi connectivity index (χ3v) is 8.70. The highest BCUT2D eigenvalue weighted by Crippen LogP contribution is 2.35. The van der Waals surface area contributed by atoms with Crippen molar-refractivity contribution in [2.45, 2.75) is 32.7 Å². The maximum Gasteiger partial charge on any atom is 0.265 e. The molecule has 1 saturated heterocycles. The molecule has 1 unspecified atom stereocenters. The van der Waals surface area contributed by atoms with E-state index in [1.54, 1.807) is 17.0 Å². The third-order valence-electron chi connectivity index (χ3n) is 8.10. The topological polar surface area (TPSA) is 99.3 Å². The van der Waals surface area contributed by atoms with Crippen molar-refractivity contribution in [1.82, 2.24) is 9.80 Å². The molecule has 2 amide bonds.